The van der Waals surface area contributed by atoms with Gasteiger partial charge in [-0.25, -0.2) is 9.37 Å². The van der Waals surface area contributed by atoms with Crippen molar-refractivity contribution in [3.05, 3.63) is 52.4 Å². The van der Waals surface area contributed by atoms with E-state index in [1.54, 1.807) is 18.2 Å². The lowest BCUT2D eigenvalue weighted by atomic mass is 9.49. The first-order valence-corrected chi connectivity index (χ1v) is 10.7. The predicted octanol–water partition coefficient (Wildman–Crippen LogP) is 3.73. The van der Waals surface area contributed by atoms with Crippen LogP contribution < -0.4 is 21.1 Å². The Bertz CT molecular complexity index is 1050. The van der Waals surface area contributed by atoms with Crippen LogP contribution in [-0.4, -0.2) is 36.1 Å². The number of nitrogens with zero attached hydrogens (tertiary/aromatic N) is 2. The Hall–Kier alpha value is -2.89. The van der Waals surface area contributed by atoms with Crippen LogP contribution in [0.15, 0.2) is 30.5 Å². The molecule has 1 amide bonds. The van der Waals surface area contributed by atoms with E-state index in [-0.39, 0.29) is 17.7 Å². The molecule has 32 heavy (non-hydrogen) atoms. The van der Waals surface area contributed by atoms with Gasteiger partial charge in [0.25, 0.3) is 5.91 Å². The van der Waals surface area contributed by atoms with Gasteiger partial charge in [0.15, 0.2) is 0 Å². The number of nitriles is 1. The van der Waals surface area contributed by atoms with Crippen molar-refractivity contribution in [2.75, 3.05) is 18.4 Å². The molecular weight excluding hydrogens is 433 g/mol. The van der Waals surface area contributed by atoms with Crippen molar-refractivity contribution in [1.29, 1.82) is 5.26 Å². The number of rotatable bonds is 7. The highest BCUT2D eigenvalue weighted by atomic mass is 35.5. The molecule has 170 valence electrons. The van der Waals surface area contributed by atoms with Gasteiger partial charge in [-0.2, -0.15) is 5.26 Å². The number of hydrogen-bond acceptors (Lipinski definition) is 6. The standard InChI is InChI=1S/C23H27ClFN5O2/c1-22(2)20(30-19(31)15-12-29-18(10-17(15)25)28-8-7-26)23(3,4)21(22)32-14-6-5-13(11-27)16(24)9-14/h5-6,9-10,12,20-21H,7-8,26H2,1-4H3,(H,28,29)(H,30,31). The second-order valence-corrected chi connectivity index (χ2v) is 9.47. The summed E-state index contributed by atoms with van der Waals surface area (Å²) in [4.78, 5) is 16.9. The van der Waals surface area contributed by atoms with Gasteiger partial charge in [0.1, 0.15) is 29.6 Å². The average molecular weight is 460 g/mol. The smallest absolute Gasteiger partial charge is 0.256 e. The second kappa shape index (κ2) is 8.93. The fourth-order valence-corrected chi connectivity index (χ4v) is 4.91. The molecule has 0 spiro atoms. The van der Waals surface area contributed by atoms with Crippen molar-refractivity contribution >= 4 is 23.3 Å². The Balaban J connectivity index is 1.74. The molecule has 9 heteroatoms. The molecule has 1 aromatic heterocycles. The first kappa shape index (κ1) is 23.8. The lowest BCUT2D eigenvalue weighted by Gasteiger charge is -2.63. The van der Waals surface area contributed by atoms with Crippen molar-refractivity contribution in [1.82, 2.24) is 10.3 Å². The first-order valence-electron chi connectivity index (χ1n) is 10.3. The van der Waals surface area contributed by atoms with E-state index in [0.717, 1.165) is 0 Å². The molecule has 1 saturated carbocycles. The highest BCUT2D eigenvalue weighted by Crippen LogP contribution is 2.55. The summed E-state index contributed by atoms with van der Waals surface area (Å²) < 4.78 is 20.7. The maximum Gasteiger partial charge on any atom is 0.256 e. The summed E-state index contributed by atoms with van der Waals surface area (Å²) in [6.45, 7) is 8.76. The summed E-state index contributed by atoms with van der Waals surface area (Å²) in [7, 11) is 0. The Kier molecular flexibility index (Phi) is 6.63. The van der Waals surface area contributed by atoms with Gasteiger partial charge in [0.05, 0.1) is 16.1 Å². The molecule has 0 atom stereocenters. The van der Waals surface area contributed by atoms with Gasteiger partial charge in [-0.1, -0.05) is 39.3 Å². The number of ether oxygens (including phenoxy) is 1. The van der Waals surface area contributed by atoms with E-state index in [9.17, 15) is 9.18 Å². The Morgan fingerprint density at radius 2 is 2.00 bits per heavy atom. The van der Waals surface area contributed by atoms with E-state index in [2.05, 4.69) is 15.6 Å². The molecule has 7 nitrogen and oxygen atoms in total. The summed E-state index contributed by atoms with van der Waals surface area (Å²) >= 11 is 6.12. The van der Waals surface area contributed by atoms with Gasteiger partial charge in [-0.15, -0.1) is 0 Å². The number of nitrogens with one attached hydrogen (secondary N) is 2. The van der Waals surface area contributed by atoms with Crippen LogP contribution in [0.5, 0.6) is 5.75 Å². The third-order valence-electron chi connectivity index (χ3n) is 5.98. The molecule has 1 fully saturated rings. The number of anilines is 1. The molecule has 1 aliphatic carbocycles. The van der Waals surface area contributed by atoms with Crippen LogP contribution in [0.4, 0.5) is 10.2 Å². The number of halogens is 2. The van der Waals surface area contributed by atoms with Crippen molar-refractivity contribution in [3.8, 4) is 11.8 Å². The minimum absolute atomic E-state index is 0.127. The van der Waals surface area contributed by atoms with Gasteiger partial charge < -0.3 is 21.1 Å². The lowest BCUT2D eigenvalue weighted by molar-refractivity contribution is -0.164. The molecule has 4 N–H and O–H groups in total. The maximum absolute atomic E-state index is 14.5. The summed E-state index contributed by atoms with van der Waals surface area (Å²) in [5, 5.41) is 15.2. The van der Waals surface area contributed by atoms with Crippen LogP contribution >= 0.6 is 11.6 Å². The van der Waals surface area contributed by atoms with E-state index in [0.29, 0.717) is 35.2 Å². The summed E-state index contributed by atoms with van der Waals surface area (Å²) in [6.07, 6.45) is 0.963. The zero-order valence-corrected chi connectivity index (χ0v) is 19.3. The van der Waals surface area contributed by atoms with Crippen LogP contribution in [-0.2, 0) is 0 Å². The average Bonchev–Trinajstić information content (AvgIpc) is 2.74. The number of benzene rings is 1. The molecule has 0 aliphatic heterocycles. The number of aromatic nitrogens is 1. The molecule has 1 heterocycles. The topological polar surface area (TPSA) is 113 Å². The Labute approximate surface area is 192 Å². The van der Waals surface area contributed by atoms with Crippen LogP contribution in [0.3, 0.4) is 0 Å². The Morgan fingerprint density at radius 1 is 1.31 bits per heavy atom. The highest BCUT2D eigenvalue weighted by Gasteiger charge is 2.64. The number of hydrogen-bond donors (Lipinski definition) is 3. The number of nitrogens with two attached hydrogens (primary N) is 1. The van der Waals surface area contributed by atoms with Gasteiger partial charge in [0, 0.05) is 48.3 Å². The van der Waals surface area contributed by atoms with Crippen LogP contribution in [0, 0.1) is 28.0 Å². The number of carbonyl (C=O) groups is 1. The van der Waals surface area contributed by atoms with Gasteiger partial charge >= 0.3 is 0 Å². The number of carbonyl (C=O) groups excluding carboxylic acids is 1. The van der Waals surface area contributed by atoms with Gasteiger partial charge in [0.2, 0.25) is 0 Å². The molecule has 0 bridgehead atoms. The van der Waals surface area contributed by atoms with Gasteiger partial charge in [-0.3, -0.25) is 4.79 Å². The summed E-state index contributed by atoms with van der Waals surface area (Å²) in [6, 6.07) is 7.84. The number of pyridine rings is 1. The SMILES string of the molecule is CC1(C)C(NC(=O)c2cnc(NCCN)cc2F)C(C)(C)C1Oc1ccc(C#N)c(Cl)c1. The molecular formula is C23H27ClFN5O2. The van der Waals surface area contributed by atoms with Crippen LogP contribution in [0.2, 0.25) is 5.02 Å². The van der Waals surface area contributed by atoms with Crippen molar-refractivity contribution in [2.45, 2.75) is 39.8 Å². The molecule has 0 saturated heterocycles. The lowest BCUT2D eigenvalue weighted by Crippen LogP contribution is -2.74. The monoisotopic (exact) mass is 459 g/mol. The van der Waals surface area contributed by atoms with E-state index in [4.69, 9.17) is 27.3 Å². The second-order valence-electron chi connectivity index (χ2n) is 9.07. The molecule has 2 aromatic rings. The zero-order valence-electron chi connectivity index (χ0n) is 18.5. The van der Waals surface area contributed by atoms with Gasteiger partial charge in [-0.05, 0) is 12.1 Å². The minimum atomic E-state index is -0.660. The van der Waals surface area contributed by atoms with Crippen LogP contribution in [0.25, 0.3) is 0 Å². The van der Waals surface area contributed by atoms with Crippen molar-refractivity contribution in [2.24, 2.45) is 16.6 Å². The quantitative estimate of drug-likeness (QED) is 0.581. The maximum atomic E-state index is 14.5. The van der Waals surface area contributed by atoms with E-state index >= 15 is 0 Å². The van der Waals surface area contributed by atoms with Crippen molar-refractivity contribution < 1.29 is 13.9 Å². The molecule has 1 aliphatic rings. The highest BCUT2D eigenvalue weighted by molar-refractivity contribution is 6.31. The predicted molar refractivity (Wildman–Crippen MR) is 121 cm³/mol. The van der Waals surface area contributed by atoms with E-state index in [1.165, 1.54) is 12.3 Å². The first-order chi connectivity index (χ1) is 15.0. The molecule has 0 radical (unpaired) electrons. The fourth-order valence-electron chi connectivity index (χ4n) is 4.70. The molecule has 1 aromatic carbocycles. The van der Waals surface area contributed by atoms with E-state index < -0.39 is 22.6 Å². The molecule has 3 rings (SSSR count). The fraction of sp³-hybridized carbons (Fsp3) is 0.435. The Morgan fingerprint density at radius 3 is 2.56 bits per heavy atom. The third kappa shape index (κ3) is 4.36. The molecule has 0 unspecified atom stereocenters. The minimum Gasteiger partial charge on any atom is -0.489 e. The third-order valence-corrected chi connectivity index (χ3v) is 6.29. The largest absolute Gasteiger partial charge is 0.489 e. The van der Waals surface area contributed by atoms with E-state index in [1.807, 2.05) is 33.8 Å². The normalized spacial score (nSPS) is 20.6. The zero-order chi connectivity index (χ0) is 23.7. The van der Waals surface area contributed by atoms with Crippen molar-refractivity contribution in [3.63, 3.8) is 0 Å². The number of amides is 1. The summed E-state index contributed by atoms with van der Waals surface area (Å²) in [5.74, 6) is -0.331. The van der Waals surface area contributed by atoms with Crippen LogP contribution in [0.1, 0.15) is 43.6 Å². The summed E-state index contributed by atoms with van der Waals surface area (Å²) in [5.41, 5.74) is 4.76.